The Morgan fingerprint density at radius 3 is 2.72 bits per heavy atom. The number of benzene rings is 1. The van der Waals surface area contributed by atoms with Crippen molar-refractivity contribution in [3.05, 3.63) is 34.9 Å². The number of imide groups is 1. The predicted octanol–water partition coefficient (Wildman–Crippen LogP) is 1.16. The molecule has 6 heteroatoms. The molecule has 0 bridgehead atoms. The van der Waals surface area contributed by atoms with Gasteiger partial charge in [0.1, 0.15) is 6.04 Å². The maximum Gasteiger partial charge on any atom is 0.255 e. The number of fused-ring (bicyclic) bond motifs is 1. The number of nitrogens with one attached hydrogen (secondary N) is 2. The van der Waals surface area contributed by atoms with Crippen LogP contribution in [0.3, 0.4) is 0 Å². The first-order valence-corrected chi connectivity index (χ1v) is 9.01. The van der Waals surface area contributed by atoms with Crippen LogP contribution in [-0.2, 0) is 16.1 Å². The Balaban J connectivity index is 1.50. The zero-order valence-electron chi connectivity index (χ0n) is 14.4. The van der Waals surface area contributed by atoms with Crippen LogP contribution in [0.25, 0.3) is 0 Å². The van der Waals surface area contributed by atoms with Crippen LogP contribution >= 0.6 is 0 Å². The summed E-state index contributed by atoms with van der Waals surface area (Å²) in [5.74, 6) is 0.476. The molecule has 2 unspecified atom stereocenters. The smallest absolute Gasteiger partial charge is 0.255 e. The van der Waals surface area contributed by atoms with Gasteiger partial charge >= 0.3 is 0 Å². The highest BCUT2D eigenvalue weighted by Crippen LogP contribution is 2.32. The highest BCUT2D eigenvalue weighted by Gasteiger charge is 2.39. The van der Waals surface area contributed by atoms with E-state index in [0.717, 1.165) is 31.0 Å². The number of carbonyl (C=O) groups is 3. The van der Waals surface area contributed by atoms with E-state index in [1.807, 2.05) is 12.1 Å². The van der Waals surface area contributed by atoms with Crippen molar-refractivity contribution >= 4 is 17.7 Å². The molecule has 1 aromatic carbocycles. The van der Waals surface area contributed by atoms with Gasteiger partial charge in [0.25, 0.3) is 5.91 Å². The molecular weight excluding hydrogens is 318 g/mol. The fourth-order valence-corrected chi connectivity index (χ4v) is 4.05. The molecule has 3 aliphatic heterocycles. The summed E-state index contributed by atoms with van der Waals surface area (Å²) in [6, 6.07) is 5.52. The third kappa shape index (κ3) is 2.95. The predicted molar refractivity (Wildman–Crippen MR) is 91.9 cm³/mol. The lowest BCUT2D eigenvalue weighted by atomic mass is 9.86. The van der Waals surface area contributed by atoms with Crippen LogP contribution in [0.4, 0.5) is 0 Å². The Kier molecular flexibility index (Phi) is 4.07. The van der Waals surface area contributed by atoms with E-state index in [2.05, 4.69) is 23.6 Å². The van der Waals surface area contributed by atoms with E-state index in [0.29, 0.717) is 24.4 Å². The molecule has 0 spiro atoms. The Morgan fingerprint density at radius 1 is 1.24 bits per heavy atom. The average Bonchev–Trinajstić information content (AvgIpc) is 2.87. The van der Waals surface area contributed by atoms with E-state index < -0.39 is 6.04 Å². The topological polar surface area (TPSA) is 78.5 Å². The van der Waals surface area contributed by atoms with Crippen LogP contribution in [0, 0.1) is 5.92 Å². The van der Waals surface area contributed by atoms with Crippen LogP contribution in [0.1, 0.15) is 53.6 Å². The van der Waals surface area contributed by atoms with E-state index >= 15 is 0 Å². The van der Waals surface area contributed by atoms with Crippen molar-refractivity contribution in [2.45, 2.75) is 44.7 Å². The van der Waals surface area contributed by atoms with Crippen LogP contribution in [-0.4, -0.2) is 41.8 Å². The van der Waals surface area contributed by atoms with E-state index in [9.17, 15) is 14.4 Å². The van der Waals surface area contributed by atoms with Gasteiger partial charge in [0.05, 0.1) is 0 Å². The maximum atomic E-state index is 12.7. The SMILES string of the molecule is CC(CC1CNC1)c1ccc2c(c1)CN(C1CCC(=O)NC1=O)C2=O. The summed E-state index contributed by atoms with van der Waals surface area (Å²) >= 11 is 0. The molecule has 0 aromatic heterocycles. The molecule has 6 nitrogen and oxygen atoms in total. The van der Waals surface area contributed by atoms with Crippen LogP contribution in [0.15, 0.2) is 18.2 Å². The van der Waals surface area contributed by atoms with Crippen molar-refractivity contribution in [1.82, 2.24) is 15.5 Å². The second-order valence-corrected chi connectivity index (χ2v) is 7.48. The fraction of sp³-hybridized carbons (Fsp3) is 0.526. The first-order valence-electron chi connectivity index (χ1n) is 9.01. The number of nitrogens with zero attached hydrogens (tertiary/aromatic N) is 1. The Bertz CT molecular complexity index is 741. The molecular formula is C19H23N3O3. The molecule has 2 saturated heterocycles. The lowest BCUT2D eigenvalue weighted by Crippen LogP contribution is -2.52. The van der Waals surface area contributed by atoms with Crippen molar-refractivity contribution < 1.29 is 14.4 Å². The molecule has 25 heavy (non-hydrogen) atoms. The van der Waals surface area contributed by atoms with Crippen molar-refractivity contribution in [3.63, 3.8) is 0 Å². The quantitative estimate of drug-likeness (QED) is 0.806. The largest absolute Gasteiger partial charge is 0.322 e. The second kappa shape index (κ2) is 6.26. The van der Waals surface area contributed by atoms with Crippen molar-refractivity contribution in [1.29, 1.82) is 0 Å². The van der Waals surface area contributed by atoms with Gasteiger partial charge in [-0.1, -0.05) is 19.1 Å². The molecule has 3 heterocycles. The summed E-state index contributed by atoms with van der Waals surface area (Å²) in [6.07, 6.45) is 1.84. The van der Waals surface area contributed by atoms with E-state index in [-0.39, 0.29) is 24.1 Å². The first kappa shape index (κ1) is 16.3. The highest BCUT2D eigenvalue weighted by atomic mass is 16.2. The lowest BCUT2D eigenvalue weighted by Gasteiger charge is -2.29. The summed E-state index contributed by atoms with van der Waals surface area (Å²) in [5.41, 5.74) is 2.93. The molecule has 0 radical (unpaired) electrons. The van der Waals surface area contributed by atoms with E-state index in [1.54, 1.807) is 4.90 Å². The molecule has 3 aliphatic rings. The minimum atomic E-state index is -0.542. The third-order valence-corrected chi connectivity index (χ3v) is 5.67. The van der Waals surface area contributed by atoms with Gasteiger partial charge in [-0.05, 0) is 55.0 Å². The van der Waals surface area contributed by atoms with Crippen molar-refractivity contribution in [2.75, 3.05) is 13.1 Å². The highest BCUT2D eigenvalue weighted by molar-refractivity contribution is 6.05. The van der Waals surface area contributed by atoms with Crippen LogP contribution < -0.4 is 10.6 Å². The molecule has 3 amide bonds. The number of hydrogen-bond acceptors (Lipinski definition) is 4. The zero-order valence-corrected chi connectivity index (χ0v) is 14.4. The number of carbonyl (C=O) groups excluding carboxylic acids is 3. The Morgan fingerprint density at radius 2 is 2.04 bits per heavy atom. The van der Waals surface area contributed by atoms with E-state index in [4.69, 9.17) is 0 Å². The average molecular weight is 341 g/mol. The first-order chi connectivity index (χ1) is 12.0. The van der Waals surface area contributed by atoms with Gasteiger partial charge in [0, 0.05) is 18.5 Å². The van der Waals surface area contributed by atoms with Gasteiger partial charge in [-0.2, -0.15) is 0 Å². The second-order valence-electron chi connectivity index (χ2n) is 7.48. The number of piperidine rings is 1. The monoisotopic (exact) mass is 341 g/mol. The van der Waals surface area contributed by atoms with Crippen LogP contribution in [0.2, 0.25) is 0 Å². The standard InChI is InChI=1S/C19H23N3O3/c1-11(6-12-8-20-9-12)13-2-3-15-14(7-13)10-22(19(15)25)16-4-5-17(23)21-18(16)24/h2-3,7,11-12,16,20H,4-6,8-10H2,1H3,(H,21,23,24). The minimum absolute atomic E-state index is 0.105. The lowest BCUT2D eigenvalue weighted by molar-refractivity contribution is -0.136. The molecule has 132 valence electrons. The zero-order chi connectivity index (χ0) is 17.6. The maximum absolute atomic E-state index is 12.7. The molecule has 2 atom stereocenters. The van der Waals surface area contributed by atoms with Crippen molar-refractivity contribution in [2.24, 2.45) is 5.92 Å². The van der Waals surface area contributed by atoms with Gasteiger partial charge in [-0.25, -0.2) is 0 Å². The fourth-order valence-electron chi connectivity index (χ4n) is 4.05. The summed E-state index contributed by atoms with van der Waals surface area (Å²) in [4.78, 5) is 37.7. The van der Waals surface area contributed by atoms with Gasteiger partial charge in [-0.3, -0.25) is 19.7 Å². The molecule has 0 saturated carbocycles. The number of hydrogen-bond donors (Lipinski definition) is 2. The number of rotatable bonds is 4. The van der Waals surface area contributed by atoms with Crippen molar-refractivity contribution in [3.8, 4) is 0 Å². The summed E-state index contributed by atoms with van der Waals surface area (Å²) in [6.45, 7) is 4.87. The van der Waals surface area contributed by atoms with Gasteiger partial charge in [0.2, 0.25) is 11.8 Å². The van der Waals surface area contributed by atoms with Crippen LogP contribution in [0.5, 0.6) is 0 Å². The molecule has 2 fully saturated rings. The molecule has 0 aliphatic carbocycles. The Labute approximate surface area is 147 Å². The van der Waals surface area contributed by atoms with Gasteiger partial charge in [-0.15, -0.1) is 0 Å². The number of amides is 3. The molecule has 2 N–H and O–H groups in total. The molecule has 4 rings (SSSR count). The summed E-state index contributed by atoms with van der Waals surface area (Å²) < 4.78 is 0. The van der Waals surface area contributed by atoms with Gasteiger partial charge in [0.15, 0.2) is 0 Å². The van der Waals surface area contributed by atoms with E-state index in [1.165, 1.54) is 5.56 Å². The summed E-state index contributed by atoms with van der Waals surface area (Å²) in [7, 11) is 0. The molecule has 1 aromatic rings. The van der Waals surface area contributed by atoms with Gasteiger partial charge < -0.3 is 10.2 Å². The minimum Gasteiger partial charge on any atom is -0.322 e. The Hall–Kier alpha value is -2.21. The summed E-state index contributed by atoms with van der Waals surface area (Å²) in [5, 5.41) is 5.64. The third-order valence-electron chi connectivity index (χ3n) is 5.67. The normalized spacial score (nSPS) is 24.8.